The largest absolute Gasteiger partial charge is 0.458 e. The van der Waals surface area contributed by atoms with Crippen molar-refractivity contribution >= 4 is 11.9 Å². The maximum Gasteiger partial charge on any atom is 0.329 e. The van der Waals surface area contributed by atoms with Gasteiger partial charge in [-0.15, -0.1) is 0 Å². The number of esters is 1. The van der Waals surface area contributed by atoms with Crippen LogP contribution >= 0.6 is 0 Å². The Labute approximate surface area is 253 Å². The molecule has 43 heavy (non-hydrogen) atoms. The van der Waals surface area contributed by atoms with Crippen molar-refractivity contribution in [1.29, 1.82) is 0 Å². The fraction of sp³-hybridized carbons (Fsp3) is 0.588. The molecule has 7 nitrogen and oxygen atoms in total. The summed E-state index contributed by atoms with van der Waals surface area (Å²) in [4.78, 5) is 29.1. The summed E-state index contributed by atoms with van der Waals surface area (Å²) in [6.07, 6.45) is 1.26. The molecule has 9 heteroatoms. The summed E-state index contributed by atoms with van der Waals surface area (Å²) in [5.41, 5.74) is 1.30. The first-order chi connectivity index (χ1) is 20.6. The standard InChI is InChI=1S/C34H46F2N2O5/c1-4-14-42-28-20-29(37-21-28)32(39)31(18-24-16-26(35)19-27(36)17-24)43-34(41)30(11-10-23-8-6-5-7-9-23)38-13-12-25(33(38)40)15-22(2)3/h5-9,16-17,19,22,25,28-32,37,39H,4,10-15,18,20-21H2,1-3H3/t25?,28-,29-,30?,31+,32-/m1/s1. The first-order valence-electron chi connectivity index (χ1n) is 15.7. The van der Waals surface area contributed by atoms with Crippen LogP contribution in [-0.2, 0) is 31.9 Å². The summed E-state index contributed by atoms with van der Waals surface area (Å²) in [5, 5.41) is 14.7. The van der Waals surface area contributed by atoms with Crippen LogP contribution in [0.3, 0.4) is 0 Å². The number of hydrogen-bond acceptors (Lipinski definition) is 6. The van der Waals surface area contributed by atoms with Gasteiger partial charge in [-0.25, -0.2) is 13.6 Å². The Balaban J connectivity index is 1.56. The first-order valence-corrected chi connectivity index (χ1v) is 15.7. The van der Waals surface area contributed by atoms with Gasteiger partial charge in [0.05, 0.1) is 6.10 Å². The summed E-state index contributed by atoms with van der Waals surface area (Å²) >= 11 is 0. The van der Waals surface area contributed by atoms with Gasteiger partial charge in [0, 0.05) is 44.1 Å². The lowest BCUT2D eigenvalue weighted by Crippen LogP contribution is -2.50. The van der Waals surface area contributed by atoms with Gasteiger partial charge in [-0.1, -0.05) is 51.1 Å². The van der Waals surface area contributed by atoms with Crippen molar-refractivity contribution in [2.75, 3.05) is 19.7 Å². The third-order valence-corrected chi connectivity index (χ3v) is 8.41. The number of likely N-dealkylation sites (tertiary alicyclic amines) is 1. The van der Waals surface area contributed by atoms with E-state index >= 15 is 0 Å². The van der Waals surface area contributed by atoms with E-state index in [1.54, 1.807) is 4.90 Å². The zero-order valence-electron chi connectivity index (χ0n) is 25.5. The normalized spacial score (nSPS) is 22.6. The average Bonchev–Trinajstić information content (AvgIpc) is 3.58. The molecule has 0 spiro atoms. The van der Waals surface area contributed by atoms with E-state index in [9.17, 15) is 23.5 Å². The molecule has 0 saturated carbocycles. The lowest BCUT2D eigenvalue weighted by atomic mass is 9.96. The number of carbonyl (C=O) groups is 2. The van der Waals surface area contributed by atoms with Gasteiger partial charge < -0.3 is 24.8 Å². The molecule has 0 aromatic heterocycles. The van der Waals surface area contributed by atoms with Crippen LogP contribution in [0.2, 0.25) is 0 Å². The number of aliphatic hydroxyl groups excluding tert-OH is 1. The highest BCUT2D eigenvalue weighted by Crippen LogP contribution is 2.29. The molecule has 2 saturated heterocycles. The quantitative estimate of drug-likeness (QED) is 0.285. The number of halogens is 2. The van der Waals surface area contributed by atoms with Gasteiger partial charge in [0.25, 0.3) is 0 Å². The summed E-state index contributed by atoms with van der Waals surface area (Å²) < 4.78 is 40.1. The van der Waals surface area contributed by atoms with Crippen LogP contribution in [0.5, 0.6) is 0 Å². The zero-order valence-corrected chi connectivity index (χ0v) is 25.5. The van der Waals surface area contributed by atoms with Crippen LogP contribution in [0.15, 0.2) is 48.5 Å². The van der Waals surface area contributed by atoms with Gasteiger partial charge in [0.2, 0.25) is 5.91 Å². The molecule has 2 aromatic carbocycles. The van der Waals surface area contributed by atoms with Gasteiger partial charge >= 0.3 is 5.97 Å². The fourth-order valence-electron chi connectivity index (χ4n) is 6.29. The number of aryl methyl sites for hydroxylation is 1. The number of amides is 1. The number of hydrogen-bond donors (Lipinski definition) is 2. The third-order valence-electron chi connectivity index (χ3n) is 8.41. The van der Waals surface area contributed by atoms with Crippen molar-refractivity contribution in [3.8, 4) is 0 Å². The number of ether oxygens (including phenoxy) is 2. The molecule has 2 aromatic rings. The summed E-state index contributed by atoms with van der Waals surface area (Å²) in [6, 6.07) is 11.6. The molecule has 2 aliphatic heterocycles. The van der Waals surface area contributed by atoms with E-state index in [2.05, 4.69) is 19.2 Å². The molecule has 2 fully saturated rings. The van der Waals surface area contributed by atoms with Gasteiger partial charge in [-0.05, 0) is 67.7 Å². The molecular formula is C34H46F2N2O5. The number of carbonyl (C=O) groups excluding carboxylic acids is 2. The molecule has 0 bridgehead atoms. The predicted octanol–water partition coefficient (Wildman–Crippen LogP) is 4.83. The maximum atomic E-state index is 14.1. The monoisotopic (exact) mass is 600 g/mol. The molecule has 0 radical (unpaired) electrons. The predicted molar refractivity (Wildman–Crippen MR) is 160 cm³/mol. The second-order valence-corrected chi connectivity index (χ2v) is 12.4. The van der Waals surface area contributed by atoms with Crippen molar-refractivity contribution in [1.82, 2.24) is 10.2 Å². The second-order valence-electron chi connectivity index (χ2n) is 12.4. The lowest BCUT2D eigenvalue weighted by Gasteiger charge is -2.32. The minimum Gasteiger partial charge on any atom is -0.458 e. The Morgan fingerprint density at radius 3 is 2.51 bits per heavy atom. The van der Waals surface area contributed by atoms with E-state index in [0.717, 1.165) is 24.5 Å². The smallest absolute Gasteiger partial charge is 0.329 e. The Kier molecular flexibility index (Phi) is 12.1. The Hall–Kier alpha value is -2.88. The number of aliphatic hydroxyl groups is 1. The molecule has 2 aliphatic rings. The molecule has 4 rings (SSSR count). The van der Waals surface area contributed by atoms with Crippen molar-refractivity contribution in [3.63, 3.8) is 0 Å². The van der Waals surface area contributed by atoms with Gasteiger partial charge in [0.1, 0.15) is 29.9 Å². The molecule has 236 valence electrons. The van der Waals surface area contributed by atoms with E-state index < -0.39 is 41.9 Å². The second kappa shape index (κ2) is 15.7. The van der Waals surface area contributed by atoms with E-state index in [1.807, 2.05) is 37.3 Å². The number of nitrogens with one attached hydrogen (secondary N) is 1. The Morgan fingerprint density at radius 1 is 1.12 bits per heavy atom. The van der Waals surface area contributed by atoms with Crippen molar-refractivity contribution in [2.45, 2.75) is 96.1 Å². The highest BCUT2D eigenvalue weighted by atomic mass is 19.1. The number of nitrogens with zero attached hydrogens (tertiary/aromatic N) is 1. The van der Waals surface area contributed by atoms with Crippen LogP contribution in [0.4, 0.5) is 8.78 Å². The highest BCUT2D eigenvalue weighted by Gasteiger charge is 2.42. The van der Waals surface area contributed by atoms with Gasteiger partial charge in [-0.3, -0.25) is 4.79 Å². The van der Waals surface area contributed by atoms with Crippen molar-refractivity contribution < 1.29 is 33.0 Å². The molecule has 2 unspecified atom stereocenters. The van der Waals surface area contributed by atoms with E-state index in [-0.39, 0.29) is 29.9 Å². The molecule has 2 N–H and O–H groups in total. The topological polar surface area (TPSA) is 88.1 Å². The van der Waals surface area contributed by atoms with Crippen LogP contribution in [-0.4, -0.2) is 72.0 Å². The van der Waals surface area contributed by atoms with E-state index in [4.69, 9.17) is 9.47 Å². The van der Waals surface area contributed by atoms with Gasteiger partial charge in [-0.2, -0.15) is 0 Å². The summed E-state index contributed by atoms with van der Waals surface area (Å²) in [6.45, 7) is 7.76. The number of benzene rings is 2. The lowest BCUT2D eigenvalue weighted by molar-refractivity contribution is -0.165. The van der Waals surface area contributed by atoms with Crippen molar-refractivity contribution in [2.24, 2.45) is 11.8 Å². The minimum absolute atomic E-state index is 0.0543. The van der Waals surface area contributed by atoms with Crippen molar-refractivity contribution in [3.05, 3.63) is 71.3 Å². The third kappa shape index (κ3) is 9.30. The SMILES string of the molecule is CCCO[C@H]1CN[C@@H]([C@@H](O)[C@H](Cc2cc(F)cc(F)c2)OC(=O)C(CCc2ccccc2)N2CCC(CC(C)C)C2=O)C1. The number of rotatable bonds is 15. The zero-order chi connectivity index (χ0) is 30.9. The van der Waals surface area contributed by atoms with Gasteiger partial charge in [0.15, 0.2) is 0 Å². The summed E-state index contributed by atoms with van der Waals surface area (Å²) in [5.74, 6) is -1.97. The molecule has 2 heterocycles. The average molecular weight is 601 g/mol. The van der Waals surface area contributed by atoms with E-state index in [0.29, 0.717) is 51.3 Å². The molecular weight excluding hydrogens is 554 g/mol. The Morgan fingerprint density at radius 2 is 1.84 bits per heavy atom. The molecule has 6 atom stereocenters. The highest BCUT2D eigenvalue weighted by molar-refractivity contribution is 5.87. The van der Waals surface area contributed by atoms with Crippen LogP contribution < -0.4 is 5.32 Å². The molecule has 0 aliphatic carbocycles. The van der Waals surface area contributed by atoms with Crippen LogP contribution in [0, 0.1) is 23.5 Å². The first kappa shape index (κ1) is 33.0. The fourth-order valence-corrected chi connectivity index (χ4v) is 6.29. The summed E-state index contributed by atoms with van der Waals surface area (Å²) in [7, 11) is 0. The van der Waals surface area contributed by atoms with Crippen LogP contribution in [0.1, 0.15) is 64.0 Å². The minimum atomic E-state index is -1.16. The van der Waals surface area contributed by atoms with Crippen LogP contribution in [0.25, 0.3) is 0 Å². The Bertz CT molecular complexity index is 1180. The molecule has 1 amide bonds. The maximum absolute atomic E-state index is 14.1. The van der Waals surface area contributed by atoms with E-state index in [1.165, 1.54) is 12.1 Å².